The summed E-state index contributed by atoms with van der Waals surface area (Å²) in [4.78, 5) is 21.3. The number of benzene rings is 3. The van der Waals surface area contributed by atoms with Crippen molar-refractivity contribution in [3.8, 4) is 45.4 Å². The maximum atomic E-state index is 11.5. The first-order valence-corrected chi connectivity index (χ1v) is 15.8. The van der Waals surface area contributed by atoms with Gasteiger partial charge in [0.25, 0.3) is 0 Å². The molecule has 0 unspecified atom stereocenters. The quantitative estimate of drug-likeness (QED) is 0.135. The van der Waals surface area contributed by atoms with Gasteiger partial charge in [-0.3, -0.25) is 0 Å². The molecule has 0 spiro atoms. The number of carbonyl (C=O) groups is 1. The summed E-state index contributed by atoms with van der Waals surface area (Å²) in [6.45, 7) is 0.977. The van der Waals surface area contributed by atoms with Crippen molar-refractivity contribution in [3.05, 3.63) is 83.9 Å². The number of aromatic nitrogens is 2. The maximum absolute atomic E-state index is 11.5. The highest BCUT2D eigenvalue weighted by atomic mass is 16.7. The van der Waals surface area contributed by atoms with Gasteiger partial charge in [0, 0.05) is 35.4 Å². The van der Waals surface area contributed by atoms with Gasteiger partial charge in [0.1, 0.15) is 11.5 Å². The van der Waals surface area contributed by atoms with Crippen LogP contribution in [0.5, 0.6) is 11.5 Å². The number of phenolic OH excluding ortho intramolecular Hbond substituents is 1. The molecule has 2 N–H and O–H groups in total. The lowest BCUT2D eigenvalue weighted by molar-refractivity contribution is -0.0190. The van der Waals surface area contributed by atoms with E-state index in [1.807, 2.05) is 36.4 Å². The summed E-state index contributed by atoms with van der Waals surface area (Å²) in [7, 11) is 1.64. The SMILES string of the molecule is COCCOCOc1cc(O)c(-c2cc(-c3ccc(C(=O)O)cc3)nc(-c3ccccc3)n2)cc1C12CC3CC(CC(C3)C1)C2. The fourth-order valence-corrected chi connectivity index (χ4v) is 8.29. The Balaban J connectivity index is 1.34. The molecule has 4 bridgehead atoms. The van der Waals surface area contributed by atoms with Crippen LogP contribution in [0, 0.1) is 17.8 Å². The Morgan fingerprint density at radius 3 is 2.16 bits per heavy atom. The minimum atomic E-state index is -0.983. The third kappa shape index (κ3) is 5.92. The highest BCUT2D eigenvalue weighted by molar-refractivity contribution is 5.88. The van der Waals surface area contributed by atoms with Crippen LogP contribution >= 0.6 is 0 Å². The first-order chi connectivity index (χ1) is 21.9. The van der Waals surface area contributed by atoms with Crippen LogP contribution in [0.15, 0.2) is 72.8 Å². The zero-order valence-corrected chi connectivity index (χ0v) is 25.4. The van der Waals surface area contributed by atoms with E-state index in [0.717, 1.165) is 53.7 Å². The van der Waals surface area contributed by atoms with E-state index in [4.69, 9.17) is 24.2 Å². The number of hydrogen-bond donors (Lipinski definition) is 2. The monoisotopic (exact) mass is 606 g/mol. The van der Waals surface area contributed by atoms with Gasteiger partial charge in [0.05, 0.1) is 30.2 Å². The van der Waals surface area contributed by atoms with E-state index in [1.165, 1.54) is 19.3 Å². The zero-order chi connectivity index (χ0) is 31.0. The maximum Gasteiger partial charge on any atom is 0.335 e. The van der Waals surface area contributed by atoms with E-state index in [9.17, 15) is 15.0 Å². The average molecular weight is 607 g/mol. The Hall–Kier alpha value is -4.27. The van der Waals surface area contributed by atoms with E-state index in [1.54, 1.807) is 37.4 Å². The molecule has 4 saturated carbocycles. The van der Waals surface area contributed by atoms with Gasteiger partial charge in [-0.05, 0) is 86.0 Å². The number of ether oxygens (including phenoxy) is 3. The van der Waals surface area contributed by atoms with E-state index in [2.05, 4.69) is 6.07 Å². The first kappa shape index (κ1) is 29.4. The molecule has 232 valence electrons. The molecule has 8 nitrogen and oxygen atoms in total. The number of nitrogens with zero attached hydrogens (tertiary/aromatic N) is 2. The number of hydrogen-bond acceptors (Lipinski definition) is 7. The molecule has 3 aromatic carbocycles. The van der Waals surface area contributed by atoms with Crippen LogP contribution in [0.25, 0.3) is 33.9 Å². The normalized spacial score (nSPS) is 23.3. The Kier molecular flexibility index (Phi) is 8.02. The standard InChI is InChI=1S/C37H38N2O6/c1-43-11-12-44-22-45-34-18-33(40)29(16-30(34)37-19-23-13-24(20-37)15-25(14-23)21-37)32-17-31(26-7-9-28(10-8-26)36(41)42)38-35(39-32)27-5-3-2-4-6-27/h2-10,16-18,23-25,40H,11-15,19-22H2,1H3,(H,41,42). The van der Waals surface area contributed by atoms with E-state index in [-0.39, 0.29) is 23.5 Å². The predicted molar refractivity (Wildman–Crippen MR) is 170 cm³/mol. The lowest BCUT2D eigenvalue weighted by Crippen LogP contribution is -2.48. The Labute approximate surface area is 263 Å². The molecule has 8 heteroatoms. The first-order valence-electron chi connectivity index (χ1n) is 15.8. The lowest BCUT2D eigenvalue weighted by Gasteiger charge is -2.57. The Morgan fingerprint density at radius 1 is 0.844 bits per heavy atom. The topological polar surface area (TPSA) is 111 Å². The van der Waals surface area contributed by atoms with Gasteiger partial charge in [-0.25, -0.2) is 14.8 Å². The van der Waals surface area contributed by atoms with Crippen molar-refractivity contribution in [2.24, 2.45) is 17.8 Å². The van der Waals surface area contributed by atoms with Gasteiger partial charge in [-0.15, -0.1) is 0 Å². The molecule has 45 heavy (non-hydrogen) atoms. The van der Waals surface area contributed by atoms with Crippen molar-refractivity contribution in [1.82, 2.24) is 9.97 Å². The molecular weight excluding hydrogens is 568 g/mol. The molecule has 0 amide bonds. The highest BCUT2D eigenvalue weighted by Gasteiger charge is 2.52. The van der Waals surface area contributed by atoms with Crippen LogP contribution in [0.1, 0.15) is 54.4 Å². The van der Waals surface area contributed by atoms with E-state index >= 15 is 0 Å². The van der Waals surface area contributed by atoms with Crippen molar-refractivity contribution < 1.29 is 29.2 Å². The number of aromatic carboxylic acids is 1. The van der Waals surface area contributed by atoms with Crippen LogP contribution in [-0.2, 0) is 14.9 Å². The molecule has 4 aromatic rings. The van der Waals surface area contributed by atoms with E-state index in [0.29, 0.717) is 41.7 Å². The Bertz CT molecular complexity index is 1650. The van der Waals surface area contributed by atoms with Crippen LogP contribution in [-0.4, -0.2) is 53.3 Å². The number of carboxylic acid groups (broad SMARTS) is 1. The van der Waals surface area contributed by atoms with Crippen molar-refractivity contribution in [2.45, 2.75) is 43.9 Å². The number of methoxy groups -OCH3 is 1. The van der Waals surface area contributed by atoms with Gasteiger partial charge in [0.15, 0.2) is 12.6 Å². The summed E-state index contributed by atoms with van der Waals surface area (Å²) in [5.41, 5.74) is 4.77. The van der Waals surface area contributed by atoms with Gasteiger partial charge in [-0.2, -0.15) is 0 Å². The molecule has 1 heterocycles. The fraction of sp³-hybridized carbons (Fsp3) is 0.378. The second kappa shape index (κ2) is 12.3. The smallest absolute Gasteiger partial charge is 0.335 e. The molecular formula is C37H38N2O6. The van der Waals surface area contributed by atoms with Gasteiger partial charge in [0.2, 0.25) is 0 Å². The molecule has 0 saturated heterocycles. The average Bonchev–Trinajstić information content (AvgIpc) is 3.04. The zero-order valence-electron chi connectivity index (χ0n) is 25.4. The minimum Gasteiger partial charge on any atom is -0.507 e. The summed E-state index contributed by atoms with van der Waals surface area (Å²) in [6, 6.07) is 22.1. The lowest BCUT2D eigenvalue weighted by atomic mass is 9.48. The summed E-state index contributed by atoms with van der Waals surface area (Å²) < 4.78 is 17.0. The van der Waals surface area contributed by atoms with Gasteiger partial charge >= 0.3 is 5.97 Å². The molecule has 0 atom stereocenters. The van der Waals surface area contributed by atoms with Crippen molar-refractivity contribution in [2.75, 3.05) is 27.1 Å². The van der Waals surface area contributed by atoms with Crippen molar-refractivity contribution in [1.29, 1.82) is 0 Å². The minimum absolute atomic E-state index is 0.0101. The van der Waals surface area contributed by atoms with Crippen LogP contribution in [0.4, 0.5) is 0 Å². The fourth-order valence-electron chi connectivity index (χ4n) is 8.29. The van der Waals surface area contributed by atoms with Gasteiger partial charge in [-0.1, -0.05) is 42.5 Å². The summed E-state index contributed by atoms with van der Waals surface area (Å²) in [6.07, 6.45) is 7.34. The van der Waals surface area contributed by atoms with Crippen LogP contribution in [0.3, 0.4) is 0 Å². The predicted octanol–water partition coefficient (Wildman–Crippen LogP) is 7.35. The second-order valence-electron chi connectivity index (χ2n) is 12.9. The van der Waals surface area contributed by atoms with Crippen molar-refractivity contribution in [3.63, 3.8) is 0 Å². The molecule has 4 fully saturated rings. The molecule has 0 aliphatic heterocycles. The molecule has 4 aliphatic rings. The number of rotatable bonds is 11. The number of aromatic hydroxyl groups is 1. The number of carboxylic acids is 1. The van der Waals surface area contributed by atoms with Crippen molar-refractivity contribution >= 4 is 5.97 Å². The second-order valence-corrected chi connectivity index (χ2v) is 12.9. The van der Waals surface area contributed by atoms with Crippen LogP contribution in [0.2, 0.25) is 0 Å². The Morgan fingerprint density at radius 2 is 1.51 bits per heavy atom. The third-order valence-electron chi connectivity index (χ3n) is 9.90. The molecule has 8 rings (SSSR count). The third-order valence-corrected chi connectivity index (χ3v) is 9.90. The molecule has 4 aliphatic carbocycles. The number of phenols is 1. The summed E-state index contributed by atoms with van der Waals surface area (Å²) in [5.74, 6) is 2.45. The van der Waals surface area contributed by atoms with Gasteiger partial charge < -0.3 is 24.4 Å². The van der Waals surface area contributed by atoms with E-state index < -0.39 is 5.97 Å². The molecule has 1 aromatic heterocycles. The summed E-state index contributed by atoms with van der Waals surface area (Å²) in [5, 5.41) is 21.0. The molecule has 0 radical (unpaired) electrons. The largest absolute Gasteiger partial charge is 0.507 e. The summed E-state index contributed by atoms with van der Waals surface area (Å²) >= 11 is 0. The van der Waals surface area contributed by atoms with Crippen LogP contribution < -0.4 is 4.74 Å². The highest BCUT2D eigenvalue weighted by Crippen LogP contribution is 2.62.